The van der Waals surface area contributed by atoms with Crippen molar-refractivity contribution in [2.45, 2.75) is 0 Å². The van der Waals surface area contributed by atoms with E-state index in [0.29, 0.717) is 5.95 Å². The number of rotatable bonds is 6. The highest BCUT2D eigenvalue weighted by Crippen LogP contribution is 2.42. The summed E-state index contributed by atoms with van der Waals surface area (Å²) in [5.74, 6) is 0.615. The molecule has 0 unspecified atom stereocenters. The van der Waals surface area contributed by atoms with Gasteiger partial charge in [0.05, 0.1) is 27.9 Å². The molecule has 10 rings (SSSR count). The molecule has 8 aromatic carbocycles. The number of hydrogen-bond acceptors (Lipinski definition) is 3. The third-order valence-electron chi connectivity index (χ3n) is 9.96. The van der Waals surface area contributed by atoms with Gasteiger partial charge in [-0.25, -0.2) is 9.97 Å². The first-order valence-corrected chi connectivity index (χ1v) is 17.6. The van der Waals surface area contributed by atoms with Crippen LogP contribution in [0.25, 0.3) is 71.6 Å². The quantitative estimate of drug-likeness (QED) is 0.177. The predicted molar refractivity (Wildman–Crippen MR) is 217 cm³/mol. The van der Waals surface area contributed by atoms with Crippen LogP contribution in [0.15, 0.2) is 194 Å². The molecule has 4 nitrogen and oxygen atoms in total. The number of benzene rings is 8. The molecule has 10 aromatic rings. The molecule has 0 atom stereocenters. The van der Waals surface area contributed by atoms with Gasteiger partial charge in [-0.2, -0.15) is 0 Å². The molecule has 2 aromatic heterocycles. The molecule has 0 aliphatic rings. The minimum Gasteiger partial charge on any atom is -0.309 e. The normalized spacial score (nSPS) is 11.5. The van der Waals surface area contributed by atoms with E-state index < -0.39 is 0 Å². The molecule has 0 saturated heterocycles. The number of aromatic nitrogens is 3. The summed E-state index contributed by atoms with van der Waals surface area (Å²) in [6.07, 6.45) is 0. The van der Waals surface area contributed by atoms with E-state index in [2.05, 4.69) is 185 Å². The van der Waals surface area contributed by atoms with Crippen molar-refractivity contribution in [2.75, 3.05) is 4.90 Å². The third kappa shape index (κ3) is 5.00. The first-order valence-electron chi connectivity index (χ1n) is 17.6. The summed E-state index contributed by atoms with van der Waals surface area (Å²) >= 11 is 0. The second-order valence-electron chi connectivity index (χ2n) is 13.1. The van der Waals surface area contributed by atoms with Crippen LogP contribution in [0.5, 0.6) is 0 Å². The summed E-state index contributed by atoms with van der Waals surface area (Å²) in [6, 6.07) is 68.5. The van der Waals surface area contributed by atoms with E-state index in [1.54, 1.807) is 0 Å². The van der Waals surface area contributed by atoms with Crippen LogP contribution in [-0.4, -0.2) is 14.5 Å². The molecule has 0 N–H and O–H groups in total. The average molecular weight is 665 g/mol. The molecule has 0 radical (unpaired) electrons. The highest BCUT2D eigenvalue weighted by atomic mass is 15.3. The number of nitrogens with zero attached hydrogens (tertiary/aromatic N) is 4. The van der Waals surface area contributed by atoms with E-state index in [-0.39, 0.29) is 0 Å². The highest BCUT2D eigenvalue weighted by molar-refractivity contribution is 6.11. The van der Waals surface area contributed by atoms with Crippen LogP contribution >= 0.6 is 0 Å². The van der Waals surface area contributed by atoms with Crippen LogP contribution in [0.2, 0.25) is 0 Å². The maximum atomic E-state index is 5.33. The summed E-state index contributed by atoms with van der Waals surface area (Å²) in [7, 11) is 0. The van der Waals surface area contributed by atoms with Crippen LogP contribution in [0.1, 0.15) is 0 Å². The molecule has 0 saturated carbocycles. The number of fused-ring (bicyclic) bond motifs is 5. The van der Waals surface area contributed by atoms with E-state index in [1.165, 1.54) is 27.2 Å². The van der Waals surface area contributed by atoms with Crippen LogP contribution in [-0.2, 0) is 0 Å². The lowest BCUT2D eigenvalue weighted by Gasteiger charge is -2.25. The lowest BCUT2D eigenvalue weighted by molar-refractivity contribution is 1.11. The Morgan fingerprint density at radius 3 is 1.85 bits per heavy atom. The van der Waals surface area contributed by atoms with Crippen LogP contribution in [0.4, 0.5) is 17.3 Å². The second-order valence-corrected chi connectivity index (χ2v) is 13.1. The first-order chi connectivity index (χ1) is 25.8. The zero-order valence-electron chi connectivity index (χ0n) is 28.3. The van der Waals surface area contributed by atoms with E-state index in [4.69, 9.17) is 9.97 Å². The Kier molecular flexibility index (Phi) is 7.10. The molecule has 0 amide bonds. The fourth-order valence-electron chi connectivity index (χ4n) is 7.59. The lowest BCUT2D eigenvalue weighted by Crippen LogP contribution is -2.14. The van der Waals surface area contributed by atoms with Gasteiger partial charge < -0.3 is 4.57 Å². The standard InChI is InChI=1S/C48H32N4/c1-4-16-33(17-5-1)47-42-25-12-14-26-44(42)49-48(50-47)51(36-19-6-2-7-20-36)38-30-34-18-10-11-23-39(34)43(32-38)35-28-29-41-40-24-13-15-27-45(40)52(46(41)31-35)37-21-8-3-9-22-37/h1-32H. The van der Waals surface area contributed by atoms with Gasteiger partial charge in [0.25, 0.3) is 0 Å². The van der Waals surface area contributed by atoms with E-state index >= 15 is 0 Å². The molecular formula is C48H32N4. The zero-order valence-corrected chi connectivity index (χ0v) is 28.3. The largest absolute Gasteiger partial charge is 0.309 e. The van der Waals surface area contributed by atoms with Gasteiger partial charge in [-0.1, -0.05) is 140 Å². The lowest BCUT2D eigenvalue weighted by atomic mass is 9.96. The van der Waals surface area contributed by atoms with Crippen molar-refractivity contribution in [3.05, 3.63) is 194 Å². The third-order valence-corrected chi connectivity index (χ3v) is 9.96. The topological polar surface area (TPSA) is 34.0 Å². The van der Waals surface area contributed by atoms with Gasteiger partial charge in [0.15, 0.2) is 0 Å². The second kappa shape index (κ2) is 12.4. The molecule has 0 fully saturated rings. The van der Waals surface area contributed by atoms with Gasteiger partial charge in [-0.15, -0.1) is 0 Å². The summed E-state index contributed by atoms with van der Waals surface area (Å²) in [5, 5.41) is 5.82. The van der Waals surface area contributed by atoms with Crippen molar-refractivity contribution < 1.29 is 0 Å². The zero-order chi connectivity index (χ0) is 34.4. The molecule has 52 heavy (non-hydrogen) atoms. The molecule has 4 heteroatoms. The number of hydrogen-bond donors (Lipinski definition) is 0. The van der Waals surface area contributed by atoms with Crippen molar-refractivity contribution in [2.24, 2.45) is 0 Å². The Morgan fingerprint density at radius 2 is 1.04 bits per heavy atom. The summed E-state index contributed by atoms with van der Waals surface area (Å²) in [6.45, 7) is 0. The van der Waals surface area contributed by atoms with Gasteiger partial charge >= 0.3 is 0 Å². The molecule has 0 bridgehead atoms. The Hall–Kier alpha value is -7.04. The average Bonchev–Trinajstić information content (AvgIpc) is 3.55. The molecule has 2 heterocycles. The van der Waals surface area contributed by atoms with Crippen molar-refractivity contribution >= 4 is 60.8 Å². The summed E-state index contributed by atoms with van der Waals surface area (Å²) in [4.78, 5) is 12.7. The first kappa shape index (κ1) is 29.8. The Bertz CT molecular complexity index is 2900. The Labute approximate surface area is 301 Å². The van der Waals surface area contributed by atoms with E-state index in [1.807, 2.05) is 18.2 Å². The molecule has 0 aliphatic carbocycles. The maximum Gasteiger partial charge on any atom is 0.235 e. The maximum absolute atomic E-state index is 5.33. The van der Waals surface area contributed by atoms with Gasteiger partial charge in [0.1, 0.15) is 0 Å². The molecular weight excluding hydrogens is 633 g/mol. The number of para-hydroxylation sites is 4. The van der Waals surface area contributed by atoms with E-state index in [9.17, 15) is 0 Å². The predicted octanol–water partition coefficient (Wildman–Crippen LogP) is 12.7. The number of anilines is 3. The van der Waals surface area contributed by atoms with Crippen molar-refractivity contribution in [1.82, 2.24) is 14.5 Å². The Morgan fingerprint density at radius 1 is 0.404 bits per heavy atom. The van der Waals surface area contributed by atoms with Crippen molar-refractivity contribution in [1.29, 1.82) is 0 Å². The van der Waals surface area contributed by atoms with Gasteiger partial charge in [-0.05, 0) is 76.5 Å². The molecule has 0 aliphatic heterocycles. The molecule has 0 spiro atoms. The minimum absolute atomic E-state index is 0.615. The monoisotopic (exact) mass is 664 g/mol. The van der Waals surface area contributed by atoms with Gasteiger partial charge in [0, 0.05) is 33.1 Å². The summed E-state index contributed by atoms with van der Waals surface area (Å²) in [5.41, 5.74) is 10.6. The molecule has 244 valence electrons. The van der Waals surface area contributed by atoms with Crippen LogP contribution in [0, 0.1) is 0 Å². The van der Waals surface area contributed by atoms with Crippen LogP contribution in [0.3, 0.4) is 0 Å². The van der Waals surface area contributed by atoms with Crippen molar-refractivity contribution in [3.63, 3.8) is 0 Å². The van der Waals surface area contributed by atoms with Crippen molar-refractivity contribution in [3.8, 4) is 28.1 Å². The minimum atomic E-state index is 0.615. The summed E-state index contributed by atoms with van der Waals surface area (Å²) < 4.78 is 2.38. The van der Waals surface area contributed by atoms with Crippen LogP contribution < -0.4 is 4.90 Å². The van der Waals surface area contributed by atoms with Gasteiger partial charge in [0.2, 0.25) is 5.95 Å². The fourth-order valence-corrected chi connectivity index (χ4v) is 7.59. The fraction of sp³-hybridized carbons (Fsp3) is 0. The van der Waals surface area contributed by atoms with E-state index in [0.717, 1.165) is 55.7 Å². The highest BCUT2D eigenvalue weighted by Gasteiger charge is 2.21. The van der Waals surface area contributed by atoms with Gasteiger partial charge in [-0.3, -0.25) is 4.90 Å². The Balaban J connectivity index is 1.23. The SMILES string of the molecule is c1ccc(-c2nc(N(c3ccccc3)c3cc(-c4ccc5c6ccccc6n(-c6ccccc6)c5c4)c4ccccc4c3)nc3ccccc23)cc1. The smallest absolute Gasteiger partial charge is 0.235 e.